The Morgan fingerprint density at radius 1 is 1.00 bits per heavy atom. The Bertz CT molecular complexity index is 239. The maximum Gasteiger partial charge on any atom is 0.334 e. The molecule has 4 nitrogen and oxygen atoms in total. The van der Waals surface area contributed by atoms with E-state index in [9.17, 15) is 9.59 Å². The topological polar surface area (TPSA) is 52.6 Å². The molecule has 0 amide bonds. The van der Waals surface area contributed by atoms with Gasteiger partial charge in [0, 0.05) is 11.1 Å². The third-order valence-electron chi connectivity index (χ3n) is 2.08. The smallest absolute Gasteiger partial charge is 0.334 e. The molecule has 0 aromatic carbocycles. The van der Waals surface area contributed by atoms with E-state index in [1.807, 2.05) is 0 Å². The number of carbonyl (C=O) groups excluding carboxylic acids is 2. The molecule has 0 aromatic rings. The molecule has 1 rings (SSSR count). The molecule has 0 saturated heterocycles. The summed E-state index contributed by atoms with van der Waals surface area (Å²) >= 11 is 0. The van der Waals surface area contributed by atoms with Crippen molar-refractivity contribution in [1.82, 2.24) is 0 Å². The highest BCUT2D eigenvalue weighted by Crippen LogP contribution is 2.27. The second-order valence-corrected chi connectivity index (χ2v) is 2.79. The summed E-state index contributed by atoms with van der Waals surface area (Å²) in [6.07, 6.45) is 2.03. The number of carbonyl (C=O) groups is 2. The van der Waals surface area contributed by atoms with Crippen LogP contribution in [0.2, 0.25) is 0 Å². The van der Waals surface area contributed by atoms with Crippen molar-refractivity contribution < 1.29 is 19.1 Å². The second-order valence-electron chi connectivity index (χ2n) is 2.79. The summed E-state index contributed by atoms with van der Waals surface area (Å²) in [6.45, 7) is 0. The fraction of sp³-hybridized carbons (Fsp3) is 0.556. The van der Waals surface area contributed by atoms with Crippen LogP contribution in [0.3, 0.4) is 0 Å². The Morgan fingerprint density at radius 2 is 1.38 bits per heavy atom. The molecule has 0 atom stereocenters. The van der Waals surface area contributed by atoms with Crippen LogP contribution in [0.25, 0.3) is 0 Å². The molecule has 0 aliphatic heterocycles. The van der Waals surface area contributed by atoms with Gasteiger partial charge in [-0.2, -0.15) is 0 Å². The normalized spacial score (nSPS) is 15.8. The molecular formula is C9H12O4. The first-order valence-corrected chi connectivity index (χ1v) is 4.09. The lowest BCUT2D eigenvalue weighted by Crippen LogP contribution is -2.10. The third kappa shape index (κ3) is 1.88. The van der Waals surface area contributed by atoms with Crippen LogP contribution in [-0.2, 0) is 19.1 Å². The van der Waals surface area contributed by atoms with Crippen molar-refractivity contribution >= 4 is 11.9 Å². The van der Waals surface area contributed by atoms with Gasteiger partial charge in [-0.3, -0.25) is 0 Å². The van der Waals surface area contributed by atoms with Crippen molar-refractivity contribution in [2.24, 2.45) is 0 Å². The van der Waals surface area contributed by atoms with E-state index in [1.165, 1.54) is 14.2 Å². The summed E-state index contributed by atoms with van der Waals surface area (Å²) in [4.78, 5) is 22.3. The molecule has 72 valence electrons. The molecule has 0 aromatic heterocycles. The summed E-state index contributed by atoms with van der Waals surface area (Å²) in [5.41, 5.74) is 0.934. The quantitative estimate of drug-likeness (QED) is 0.596. The molecule has 1 aliphatic carbocycles. The molecule has 1 aliphatic rings. The zero-order valence-corrected chi connectivity index (χ0v) is 7.75. The van der Waals surface area contributed by atoms with Crippen LogP contribution >= 0.6 is 0 Å². The zero-order chi connectivity index (χ0) is 9.84. The van der Waals surface area contributed by atoms with Crippen molar-refractivity contribution in [2.75, 3.05) is 14.2 Å². The number of methoxy groups -OCH3 is 2. The predicted molar refractivity (Wildman–Crippen MR) is 44.9 cm³/mol. The van der Waals surface area contributed by atoms with Gasteiger partial charge in [0.1, 0.15) is 0 Å². The Hall–Kier alpha value is -1.32. The van der Waals surface area contributed by atoms with Gasteiger partial charge in [0.25, 0.3) is 0 Å². The lowest BCUT2D eigenvalue weighted by molar-refractivity contribution is -0.139. The summed E-state index contributed by atoms with van der Waals surface area (Å²) in [5, 5.41) is 0. The van der Waals surface area contributed by atoms with E-state index in [4.69, 9.17) is 0 Å². The van der Waals surface area contributed by atoms with E-state index in [2.05, 4.69) is 9.47 Å². The van der Waals surface area contributed by atoms with Crippen LogP contribution < -0.4 is 0 Å². The molecule has 0 bridgehead atoms. The number of esters is 2. The van der Waals surface area contributed by atoms with Gasteiger partial charge in [0.2, 0.25) is 0 Å². The molecule has 4 heteroatoms. The second kappa shape index (κ2) is 4.07. The Kier molecular flexibility index (Phi) is 3.06. The first-order chi connectivity index (χ1) is 6.20. The molecule has 0 heterocycles. The predicted octanol–water partition coefficient (Wildman–Crippen LogP) is 0.813. The lowest BCUT2D eigenvalue weighted by Gasteiger charge is -2.02. The highest BCUT2D eigenvalue weighted by Gasteiger charge is 2.26. The van der Waals surface area contributed by atoms with Crippen LogP contribution in [0.5, 0.6) is 0 Å². The standard InChI is InChI=1S/C9H12O4/c1-12-8(10)6-4-3-5-7(6)9(11)13-2/h3-5H2,1-2H3. The van der Waals surface area contributed by atoms with E-state index in [0.29, 0.717) is 24.0 Å². The molecule has 0 spiro atoms. The zero-order valence-electron chi connectivity index (χ0n) is 7.75. The van der Waals surface area contributed by atoms with Gasteiger partial charge in [0.15, 0.2) is 0 Å². The number of hydrogen-bond acceptors (Lipinski definition) is 4. The van der Waals surface area contributed by atoms with Gasteiger partial charge >= 0.3 is 11.9 Å². The van der Waals surface area contributed by atoms with Crippen molar-refractivity contribution in [1.29, 1.82) is 0 Å². The van der Waals surface area contributed by atoms with Crippen LogP contribution in [0.1, 0.15) is 19.3 Å². The van der Waals surface area contributed by atoms with E-state index in [1.54, 1.807) is 0 Å². The molecule has 0 fully saturated rings. The number of ether oxygens (including phenoxy) is 2. The number of rotatable bonds is 2. The molecule has 0 radical (unpaired) electrons. The third-order valence-corrected chi connectivity index (χ3v) is 2.08. The van der Waals surface area contributed by atoms with Crippen molar-refractivity contribution in [3.05, 3.63) is 11.1 Å². The summed E-state index contributed by atoms with van der Waals surface area (Å²) in [5.74, 6) is -0.837. The highest BCUT2D eigenvalue weighted by atomic mass is 16.5. The Morgan fingerprint density at radius 3 is 1.69 bits per heavy atom. The van der Waals surface area contributed by atoms with E-state index in [0.717, 1.165) is 6.42 Å². The minimum atomic E-state index is -0.419. The van der Waals surface area contributed by atoms with Gasteiger partial charge in [-0.15, -0.1) is 0 Å². The van der Waals surface area contributed by atoms with Crippen LogP contribution in [0.4, 0.5) is 0 Å². The maximum atomic E-state index is 11.2. The summed E-state index contributed by atoms with van der Waals surface area (Å²) in [7, 11) is 2.62. The molecule has 0 unspecified atom stereocenters. The average molecular weight is 184 g/mol. The van der Waals surface area contributed by atoms with Crippen molar-refractivity contribution in [2.45, 2.75) is 19.3 Å². The fourth-order valence-electron chi connectivity index (χ4n) is 1.44. The van der Waals surface area contributed by atoms with Crippen molar-refractivity contribution in [3.8, 4) is 0 Å². The SMILES string of the molecule is COC(=O)C1=C(C(=O)OC)CCC1. The van der Waals surface area contributed by atoms with Gasteiger partial charge in [-0.25, -0.2) is 9.59 Å². The fourth-order valence-corrected chi connectivity index (χ4v) is 1.44. The molecule has 0 N–H and O–H groups in total. The monoisotopic (exact) mass is 184 g/mol. The highest BCUT2D eigenvalue weighted by molar-refractivity contribution is 6.01. The first kappa shape index (κ1) is 9.77. The van der Waals surface area contributed by atoms with Crippen LogP contribution in [-0.4, -0.2) is 26.2 Å². The van der Waals surface area contributed by atoms with Gasteiger partial charge in [-0.1, -0.05) is 0 Å². The Balaban J connectivity index is 2.89. The van der Waals surface area contributed by atoms with Gasteiger partial charge in [0.05, 0.1) is 14.2 Å². The van der Waals surface area contributed by atoms with Gasteiger partial charge in [-0.05, 0) is 19.3 Å². The number of hydrogen-bond donors (Lipinski definition) is 0. The van der Waals surface area contributed by atoms with E-state index < -0.39 is 11.9 Å². The minimum absolute atomic E-state index is 0.419. The van der Waals surface area contributed by atoms with Gasteiger partial charge < -0.3 is 9.47 Å². The largest absolute Gasteiger partial charge is 0.466 e. The van der Waals surface area contributed by atoms with Crippen LogP contribution in [0, 0.1) is 0 Å². The maximum absolute atomic E-state index is 11.2. The molecular weight excluding hydrogens is 172 g/mol. The van der Waals surface area contributed by atoms with E-state index >= 15 is 0 Å². The average Bonchev–Trinajstić information content (AvgIpc) is 2.63. The summed E-state index contributed by atoms with van der Waals surface area (Å²) in [6, 6.07) is 0. The minimum Gasteiger partial charge on any atom is -0.466 e. The summed E-state index contributed by atoms with van der Waals surface area (Å²) < 4.78 is 9.11. The molecule has 0 saturated carbocycles. The van der Waals surface area contributed by atoms with E-state index in [-0.39, 0.29) is 0 Å². The molecule has 13 heavy (non-hydrogen) atoms. The first-order valence-electron chi connectivity index (χ1n) is 4.09. The Labute approximate surface area is 76.5 Å². The van der Waals surface area contributed by atoms with Crippen molar-refractivity contribution in [3.63, 3.8) is 0 Å². The lowest BCUT2D eigenvalue weighted by atomic mass is 10.1. The van der Waals surface area contributed by atoms with Crippen LogP contribution in [0.15, 0.2) is 11.1 Å².